The van der Waals surface area contributed by atoms with Crippen molar-refractivity contribution in [3.8, 4) is 11.1 Å². The molecule has 1 aliphatic heterocycles. The van der Waals surface area contributed by atoms with E-state index in [1.54, 1.807) is 0 Å². The lowest BCUT2D eigenvalue weighted by atomic mass is 9.99. The van der Waals surface area contributed by atoms with Crippen molar-refractivity contribution < 1.29 is 0 Å². The Hall–Kier alpha value is -5.09. The van der Waals surface area contributed by atoms with E-state index in [4.69, 9.17) is 9.98 Å². The van der Waals surface area contributed by atoms with Crippen molar-refractivity contribution in [2.24, 2.45) is 9.98 Å². The number of aliphatic imine (C=N–C) groups is 2. The van der Waals surface area contributed by atoms with Gasteiger partial charge in [-0.15, -0.1) is 0 Å². The number of nitrogens with one attached hydrogen (secondary N) is 1. The molecule has 0 bridgehead atoms. The van der Waals surface area contributed by atoms with Crippen molar-refractivity contribution in [3.05, 3.63) is 150 Å². The summed E-state index contributed by atoms with van der Waals surface area (Å²) < 4.78 is 0. The highest BCUT2D eigenvalue weighted by Crippen LogP contribution is 2.29. The molecule has 0 aliphatic carbocycles. The molecule has 7 rings (SSSR count). The Morgan fingerprint density at radius 1 is 0.564 bits per heavy atom. The number of hydrogen-bond donors (Lipinski definition) is 1. The summed E-state index contributed by atoms with van der Waals surface area (Å²) in [4.78, 5) is 14.5. The maximum atomic E-state index is 5.13. The van der Waals surface area contributed by atoms with Crippen LogP contribution in [0.15, 0.2) is 138 Å². The molecule has 186 valence electrons. The van der Waals surface area contributed by atoms with Gasteiger partial charge >= 0.3 is 0 Å². The average molecular weight is 503 g/mol. The molecule has 2 heterocycles. The fourth-order valence-corrected chi connectivity index (χ4v) is 5.23. The SMILES string of the molecule is Cc1cnccc1-c1cccc(C2=NC(c3ccc4ccccc4c3)N=C(c3ccc4ccccc4c3)N2)c1. The molecular formula is C35H26N4. The quantitative estimate of drug-likeness (QED) is 0.267. The van der Waals surface area contributed by atoms with Crippen LogP contribution in [0.4, 0.5) is 0 Å². The number of amidine groups is 2. The third kappa shape index (κ3) is 4.47. The van der Waals surface area contributed by atoms with Crippen LogP contribution in [0.2, 0.25) is 0 Å². The lowest BCUT2D eigenvalue weighted by molar-refractivity contribution is 0.757. The van der Waals surface area contributed by atoms with Gasteiger partial charge in [-0.1, -0.05) is 91.0 Å². The van der Waals surface area contributed by atoms with Gasteiger partial charge < -0.3 is 5.32 Å². The summed E-state index contributed by atoms with van der Waals surface area (Å²) in [6, 6.07) is 40.3. The molecule has 4 nitrogen and oxygen atoms in total. The lowest BCUT2D eigenvalue weighted by Crippen LogP contribution is -2.36. The van der Waals surface area contributed by atoms with Crippen LogP contribution in [-0.4, -0.2) is 16.7 Å². The van der Waals surface area contributed by atoms with Gasteiger partial charge in [0, 0.05) is 23.5 Å². The first-order chi connectivity index (χ1) is 19.2. The zero-order valence-corrected chi connectivity index (χ0v) is 21.5. The van der Waals surface area contributed by atoms with Gasteiger partial charge in [0.1, 0.15) is 11.7 Å². The number of benzene rings is 5. The molecule has 1 N–H and O–H groups in total. The van der Waals surface area contributed by atoms with E-state index in [-0.39, 0.29) is 6.17 Å². The van der Waals surface area contributed by atoms with Gasteiger partial charge in [-0.3, -0.25) is 4.98 Å². The van der Waals surface area contributed by atoms with Crippen LogP contribution in [0.5, 0.6) is 0 Å². The second-order valence-electron chi connectivity index (χ2n) is 9.89. The van der Waals surface area contributed by atoms with Gasteiger partial charge in [-0.05, 0) is 75.0 Å². The monoisotopic (exact) mass is 502 g/mol. The normalized spacial score (nSPS) is 15.1. The summed E-state index contributed by atoms with van der Waals surface area (Å²) in [6.45, 7) is 2.09. The van der Waals surface area contributed by atoms with Crippen LogP contribution in [0.25, 0.3) is 32.7 Å². The second-order valence-corrected chi connectivity index (χ2v) is 9.89. The molecule has 1 atom stereocenters. The number of fused-ring (bicyclic) bond motifs is 2. The van der Waals surface area contributed by atoms with E-state index < -0.39 is 0 Å². The number of rotatable bonds is 4. The first kappa shape index (κ1) is 23.1. The van der Waals surface area contributed by atoms with E-state index >= 15 is 0 Å². The van der Waals surface area contributed by atoms with Gasteiger partial charge in [0.25, 0.3) is 0 Å². The van der Waals surface area contributed by atoms with Crippen LogP contribution in [0.3, 0.4) is 0 Å². The minimum Gasteiger partial charge on any atom is -0.324 e. The van der Waals surface area contributed by atoms with Gasteiger partial charge in [-0.25, -0.2) is 9.98 Å². The standard InChI is InChI=1S/C35H26N4/c1-23-22-36-18-17-32(23)28-11-6-12-29(21-28)33-37-34(30-15-13-24-7-2-4-9-26(24)19-30)39-35(38-33)31-16-14-25-8-3-5-10-27(25)20-31/h2-22,34H,1H3,(H,37,38,39). The van der Waals surface area contributed by atoms with Crippen LogP contribution in [0.1, 0.15) is 28.4 Å². The van der Waals surface area contributed by atoms with Crippen molar-refractivity contribution in [1.82, 2.24) is 10.3 Å². The molecule has 1 unspecified atom stereocenters. The number of hydrogen-bond acceptors (Lipinski definition) is 4. The minimum atomic E-state index is -0.362. The predicted molar refractivity (Wildman–Crippen MR) is 161 cm³/mol. The summed E-state index contributed by atoms with van der Waals surface area (Å²) in [7, 11) is 0. The highest BCUT2D eigenvalue weighted by molar-refractivity contribution is 6.16. The van der Waals surface area contributed by atoms with Crippen molar-refractivity contribution >= 4 is 33.2 Å². The molecule has 0 saturated carbocycles. The molecule has 39 heavy (non-hydrogen) atoms. The summed E-state index contributed by atoms with van der Waals surface area (Å²) in [5, 5.41) is 8.35. The molecular weight excluding hydrogens is 476 g/mol. The molecule has 1 aromatic heterocycles. The first-order valence-electron chi connectivity index (χ1n) is 13.1. The molecule has 5 aromatic carbocycles. The zero-order chi connectivity index (χ0) is 26.2. The van der Waals surface area contributed by atoms with Gasteiger partial charge in [0.05, 0.1) is 0 Å². The van der Waals surface area contributed by atoms with Crippen molar-refractivity contribution in [2.75, 3.05) is 0 Å². The van der Waals surface area contributed by atoms with Crippen LogP contribution in [-0.2, 0) is 0 Å². The first-order valence-corrected chi connectivity index (χ1v) is 13.1. The predicted octanol–water partition coefficient (Wildman–Crippen LogP) is 7.86. The van der Waals surface area contributed by atoms with Gasteiger partial charge in [0.15, 0.2) is 6.17 Å². The number of nitrogens with zero attached hydrogens (tertiary/aromatic N) is 3. The van der Waals surface area contributed by atoms with E-state index in [2.05, 4.69) is 132 Å². The summed E-state index contributed by atoms with van der Waals surface area (Å²) in [5.74, 6) is 1.62. The Balaban J connectivity index is 1.35. The molecule has 0 radical (unpaired) electrons. The topological polar surface area (TPSA) is 49.6 Å². The van der Waals surface area contributed by atoms with Crippen molar-refractivity contribution in [2.45, 2.75) is 13.1 Å². The molecule has 6 aromatic rings. The van der Waals surface area contributed by atoms with Crippen LogP contribution in [0, 0.1) is 6.92 Å². The number of aromatic nitrogens is 1. The van der Waals surface area contributed by atoms with Crippen molar-refractivity contribution in [3.63, 3.8) is 0 Å². The maximum absolute atomic E-state index is 5.13. The molecule has 1 aliphatic rings. The molecule has 0 fully saturated rings. The van der Waals surface area contributed by atoms with E-state index in [1.165, 1.54) is 21.5 Å². The maximum Gasteiger partial charge on any atom is 0.169 e. The highest BCUT2D eigenvalue weighted by atomic mass is 15.2. The molecule has 0 spiro atoms. The van der Waals surface area contributed by atoms with Gasteiger partial charge in [0.2, 0.25) is 0 Å². The largest absolute Gasteiger partial charge is 0.324 e. The van der Waals surface area contributed by atoms with Crippen molar-refractivity contribution in [1.29, 1.82) is 0 Å². The third-order valence-corrected chi connectivity index (χ3v) is 7.30. The summed E-state index contributed by atoms with van der Waals surface area (Å²) in [6.07, 6.45) is 3.38. The minimum absolute atomic E-state index is 0.362. The average Bonchev–Trinajstić information content (AvgIpc) is 3.00. The molecule has 4 heteroatoms. The van der Waals surface area contributed by atoms with E-state index in [1.807, 2.05) is 12.4 Å². The fraction of sp³-hybridized carbons (Fsp3) is 0.0571. The van der Waals surface area contributed by atoms with Crippen LogP contribution < -0.4 is 5.32 Å². The molecule has 0 amide bonds. The Morgan fingerprint density at radius 3 is 1.95 bits per heavy atom. The van der Waals surface area contributed by atoms with E-state index in [0.29, 0.717) is 0 Å². The molecule has 0 saturated heterocycles. The highest BCUT2D eigenvalue weighted by Gasteiger charge is 2.21. The Kier molecular flexibility index (Phi) is 5.71. The Bertz CT molecular complexity index is 1920. The lowest BCUT2D eigenvalue weighted by Gasteiger charge is -2.23. The zero-order valence-electron chi connectivity index (χ0n) is 21.5. The van der Waals surface area contributed by atoms with E-state index in [9.17, 15) is 0 Å². The smallest absolute Gasteiger partial charge is 0.169 e. The second kappa shape index (κ2) is 9.66. The number of aryl methyl sites for hydroxylation is 1. The van der Waals surface area contributed by atoms with E-state index in [0.717, 1.165) is 45.1 Å². The Morgan fingerprint density at radius 2 is 1.21 bits per heavy atom. The van der Waals surface area contributed by atoms with Crippen LogP contribution >= 0.6 is 0 Å². The summed E-state index contributed by atoms with van der Waals surface area (Å²) in [5.41, 5.74) is 6.55. The Labute approximate surface area is 227 Å². The van der Waals surface area contributed by atoms with Gasteiger partial charge in [-0.2, -0.15) is 0 Å². The fourth-order valence-electron chi connectivity index (χ4n) is 5.23. The number of pyridine rings is 1. The summed E-state index contributed by atoms with van der Waals surface area (Å²) >= 11 is 0. The third-order valence-electron chi connectivity index (χ3n) is 7.30.